The Morgan fingerprint density at radius 2 is 2.25 bits per heavy atom. The molecule has 2 aromatic rings. The molecule has 0 spiro atoms. The number of carbonyl (C=O) groups excluding carboxylic acids is 1. The molecule has 0 amide bonds. The van der Waals surface area contributed by atoms with Gasteiger partial charge < -0.3 is 9.72 Å². The fourth-order valence-corrected chi connectivity index (χ4v) is 1.95. The molecule has 1 aliphatic rings. The molecule has 2 heterocycles. The summed E-state index contributed by atoms with van der Waals surface area (Å²) in [4.78, 5) is 15.0. The Bertz CT molecular complexity index is 529. The van der Waals surface area contributed by atoms with Crippen molar-refractivity contribution in [3.05, 3.63) is 53.3 Å². The zero-order chi connectivity index (χ0) is 11.0. The van der Waals surface area contributed by atoms with E-state index in [2.05, 4.69) is 4.98 Å². The largest absolute Gasteiger partial charge is 0.493 e. The molecule has 0 saturated heterocycles. The van der Waals surface area contributed by atoms with E-state index in [0.717, 1.165) is 24.3 Å². The number of ketones is 1. The topological polar surface area (TPSA) is 42.1 Å². The molecule has 0 saturated carbocycles. The summed E-state index contributed by atoms with van der Waals surface area (Å²) in [5.41, 5.74) is 2.46. The average molecular weight is 213 g/mol. The number of hydrogen-bond donors (Lipinski definition) is 1. The lowest BCUT2D eigenvalue weighted by Crippen LogP contribution is -2.01. The molecule has 1 N–H and O–H groups in total. The fraction of sp³-hybridized carbons (Fsp3) is 0.154. The van der Waals surface area contributed by atoms with E-state index in [0.29, 0.717) is 11.3 Å². The average Bonchev–Trinajstić information content (AvgIpc) is 2.98. The van der Waals surface area contributed by atoms with Gasteiger partial charge in [-0.3, -0.25) is 4.79 Å². The van der Waals surface area contributed by atoms with Gasteiger partial charge in [-0.2, -0.15) is 0 Å². The molecule has 0 radical (unpaired) electrons. The minimum atomic E-state index is 0.0275. The molecule has 0 atom stereocenters. The van der Waals surface area contributed by atoms with Gasteiger partial charge in [0.25, 0.3) is 0 Å². The maximum Gasteiger partial charge on any atom is 0.209 e. The van der Waals surface area contributed by atoms with Crippen LogP contribution in [-0.2, 0) is 6.42 Å². The van der Waals surface area contributed by atoms with Crippen LogP contribution >= 0.6 is 0 Å². The van der Waals surface area contributed by atoms with Crippen molar-refractivity contribution in [3.8, 4) is 5.75 Å². The molecule has 16 heavy (non-hydrogen) atoms. The summed E-state index contributed by atoms with van der Waals surface area (Å²) in [6, 6.07) is 9.22. The minimum Gasteiger partial charge on any atom is -0.493 e. The summed E-state index contributed by atoms with van der Waals surface area (Å²) in [6.45, 7) is 0.718. The second kappa shape index (κ2) is 3.52. The molecule has 0 bridgehead atoms. The van der Waals surface area contributed by atoms with Crippen LogP contribution < -0.4 is 4.74 Å². The lowest BCUT2D eigenvalue weighted by molar-refractivity contribution is 0.103. The molecule has 3 nitrogen and oxygen atoms in total. The first kappa shape index (κ1) is 9.21. The highest BCUT2D eigenvalue weighted by molar-refractivity contribution is 6.07. The van der Waals surface area contributed by atoms with Crippen LogP contribution in [0.2, 0.25) is 0 Å². The van der Waals surface area contributed by atoms with E-state index in [4.69, 9.17) is 4.74 Å². The van der Waals surface area contributed by atoms with Gasteiger partial charge in [0, 0.05) is 18.2 Å². The second-order valence-corrected chi connectivity index (χ2v) is 3.83. The number of ether oxygens (including phenoxy) is 1. The van der Waals surface area contributed by atoms with E-state index < -0.39 is 0 Å². The zero-order valence-corrected chi connectivity index (χ0v) is 8.69. The number of hydrogen-bond acceptors (Lipinski definition) is 2. The van der Waals surface area contributed by atoms with Crippen molar-refractivity contribution in [3.63, 3.8) is 0 Å². The molecule has 1 aromatic heterocycles. The molecule has 80 valence electrons. The third-order valence-corrected chi connectivity index (χ3v) is 2.79. The fourth-order valence-electron chi connectivity index (χ4n) is 1.95. The normalized spacial score (nSPS) is 13.2. The SMILES string of the molecule is O=C(c1ccc2c(c1)CCO2)c1ccc[nH]1. The third-order valence-electron chi connectivity index (χ3n) is 2.79. The van der Waals surface area contributed by atoms with Gasteiger partial charge >= 0.3 is 0 Å². The number of aromatic nitrogens is 1. The van der Waals surface area contributed by atoms with Crippen molar-refractivity contribution in [2.45, 2.75) is 6.42 Å². The standard InChI is InChI=1S/C13H11NO2/c15-13(11-2-1-6-14-11)10-3-4-12-9(8-10)5-7-16-12/h1-4,6,8,14H,5,7H2. The monoisotopic (exact) mass is 213 g/mol. The van der Waals surface area contributed by atoms with Gasteiger partial charge in [-0.25, -0.2) is 0 Å². The predicted molar refractivity (Wildman–Crippen MR) is 59.9 cm³/mol. The Morgan fingerprint density at radius 1 is 1.31 bits per heavy atom. The van der Waals surface area contributed by atoms with E-state index in [1.807, 2.05) is 24.3 Å². The Morgan fingerprint density at radius 3 is 3.06 bits per heavy atom. The van der Waals surface area contributed by atoms with Gasteiger partial charge in [0.05, 0.1) is 12.3 Å². The first-order valence-corrected chi connectivity index (χ1v) is 5.28. The highest BCUT2D eigenvalue weighted by Gasteiger charge is 2.16. The number of carbonyl (C=O) groups is 1. The molecule has 3 heteroatoms. The Hall–Kier alpha value is -2.03. The molecule has 0 unspecified atom stereocenters. The van der Waals surface area contributed by atoms with Crippen molar-refractivity contribution in [2.75, 3.05) is 6.61 Å². The van der Waals surface area contributed by atoms with Gasteiger partial charge in [0.15, 0.2) is 0 Å². The summed E-state index contributed by atoms with van der Waals surface area (Å²) in [6.07, 6.45) is 2.64. The van der Waals surface area contributed by atoms with E-state index in [9.17, 15) is 4.79 Å². The second-order valence-electron chi connectivity index (χ2n) is 3.83. The molecule has 1 aromatic carbocycles. The van der Waals surface area contributed by atoms with Crippen LogP contribution in [0.4, 0.5) is 0 Å². The lowest BCUT2D eigenvalue weighted by Gasteiger charge is -2.02. The molecular formula is C13H11NO2. The van der Waals surface area contributed by atoms with Crippen LogP contribution in [0.3, 0.4) is 0 Å². The van der Waals surface area contributed by atoms with Crippen LogP contribution in [0.5, 0.6) is 5.75 Å². The highest BCUT2D eigenvalue weighted by Crippen LogP contribution is 2.26. The summed E-state index contributed by atoms with van der Waals surface area (Å²) in [5, 5.41) is 0. The predicted octanol–water partition coefficient (Wildman–Crippen LogP) is 2.18. The number of H-pyrrole nitrogens is 1. The van der Waals surface area contributed by atoms with Crippen LogP contribution in [0.1, 0.15) is 21.6 Å². The Kier molecular flexibility index (Phi) is 2.03. The van der Waals surface area contributed by atoms with Crippen molar-refractivity contribution in [1.82, 2.24) is 4.98 Å². The van der Waals surface area contributed by atoms with Crippen LogP contribution in [-0.4, -0.2) is 17.4 Å². The number of rotatable bonds is 2. The van der Waals surface area contributed by atoms with Gasteiger partial charge in [-0.1, -0.05) is 0 Å². The quantitative estimate of drug-likeness (QED) is 0.777. The van der Waals surface area contributed by atoms with E-state index in [-0.39, 0.29) is 5.78 Å². The van der Waals surface area contributed by atoms with Crippen LogP contribution in [0, 0.1) is 0 Å². The van der Waals surface area contributed by atoms with E-state index in [1.165, 1.54) is 0 Å². The molecule has 0 fully saturated rings. The van der Waals surface area contributed by atoms with Gasteiger partial charge in [0.2, 0.25) is 5.78 Å². The van der Waals surface area contributed by atoms with Crippen molar-refractivity contribution in [2.24, 2.45) is 0 Å². The Balaban J connectivity index is 1.99. The Labute approximate surface area is 93.1 Å². The highest BCUT2D eigenvalue weighted by atomic mass is 16.5. The number of benzene rings is 1. The summed E-state index contributed by atoms with van der Waals surface area (Å²) in [5.74, 6) is 0.933. The maximum absolute atomic E-state index is 12.0. The number of aromatic amines is 1. The number of fused-ring (bicyclic) bond motifs is 1. The van der Waals surface area contributed by atoms with Gasteiger partial charge in [0.1, 0.15) is 5.75 Å². The maximum atomic E-state index is 12.0. The minimum absolute atomic E-state index is 0.0275. The molecular weight excluding hydrogens is 202 g/mol. The van der Waals surface area contributed by atoms with Crippen molar-refractivity contribution >= 4 is 5.78 Å². The first-order valence-electron chi connectivity index (χ1n) is 5.28. The summed E-state index contributed by atoms with van der Waals surface area (Å²) in [7, 11) is 0. The van der Waals surface area contributed by atoms with Crippen LogP contribution in [0.25, 0.3) is 0 Å². The first-order chi connectivity index (χ1) is 7.84. The summed E-state index contributed by atoms with van der Waals surface area (Å²) < 4.78 is 5.40. The zero-order valence-electron chi connectivity index (χ0n) is 8.69. The summed E-state index contributed by atoms with van der Waals surface area (Å²) >= 11 is 0. The van der Waals surface area contributed by atoms with Gasteiger partial charge in [-0.05, 0) is 35.9 Å². The molecule has 0 aliphatic carbocycles. The smallest absolute Gasteiger partial charge is 0.209 e. The molecule has 3 rings (SSSR count). The van der Waals surface area contributed by atoms with E-state index >= 15 is 0 Å². The van der Waals surface area contributed by atoms with Crippen molar-refractivity contribution in [1.29, 1.82) is 0 Å². The van der Waals surface area contributed by atoms with E-state index in [1.54, 1.807) is 12.3 Å². The third kappa shape index (κ3) is 1.41. The van der Waals surface area contributed by atoms with Gasteiger partial charge in [-0.15, -0.1) is 0 Å². The lowest BCUT2D eigenvalue weighted by atomic mass is 10.0. The molecule has 1 aliphatic heterocycles. The number of nitrogens with one attached hydrogen (secondary N) is 1. The van der Waals surface area contributed by atoms with Crippen LogP contribution in [0.15, 0.2) is 36.5 Å². The van der Waals surface area contributed by atoms with Crippen molar-refractivity contribution < 1.29 is 9.53 Å².